The van der Waals surface area contributed by atoms with Gasteiger partial charge in [-0.3, -0.25) is 4.79 Å². The molecule has 0 unspecified atom stereocenters. The zero-order valence-electron chi connectivity index (χ0n) is 10.6. The van der Waals surface area contributed by atoms with E-state index in [1.54, 1.807) is 18.2 Å². The average Bonchev–Trinajstić information content (AvgIpc) is 2.37. The highest BCUT2D eigenvalue weighted by atomic mass is 79.9. The minimum Gasteiger partial charge on any atom is -0.321 e. The summed E-state index contributed by atoms with van der Waals surface area (Å²) in [5, 5.41) is 3.43. The predicted octanol–water partition coefficient (Wildman–Crippen LogP) is 4.97. The third kappa shape index (κ3) is 3.37. The van der Waals surface area contributed by atoms with Gasteiger partial charge in [-0.15, -0.1) is 0 Å². The van der Waals surface area contributed by atoms with E-state index in [1.165, 1.54) is 5.56 Å². The lowest BCUT2D eigenvalue weighted by atomic mass is 10.1. The Labute approximate surface area is 125 Å². The Bertz CT molecular complexity index is 640. The monoisotopic (exact) mass is 337 g/mol. The Balaban J connectivity index is 2.25. The van der Waals surface area contributed by atoms with E-state index >= 15 is 0 Å². The van der Waals surface area contributed by atoms with Gasteiger partial charge < -0.3 is 5.32 Å². The molecule has 0 fully saturated rings. The quantitative estimate of drug-likeness (QED) is 0.823. The van der Waals surface area contributed by atoms with Gasteiger partial charge in [-0.1, -0.05) is 17.7 Å². The molecule has 0 spiro atoms. The van der Waals surface area contributed by atoms with Gasteiger partial charge in [0.25, 0.3) is 5.91 Å². The van der Waals surface area contributed by atoms with Crippen LogP contribution in [-0.2, 0) is 0 Å². The van der Waals surface area contributed by atoms with Gasteiger partial charge in [0.05, 0.1) is 5.69 Å². The molecule has 0 heterocycles. The fourth-order valence-electron chi connectivity index (χ4n) is 1.67. The van der Waals surface area contributed by atoms with Crippen LogP contribution in [0.3, 0.4) is 0 Å². The van der Waals surface area contributed by atoms with Crippen LogP contribution in [0.25, 0.3) is 0 Å². The van der Waals surface area contributed by atoms with E-state index in [0.717, 1.165) is 10.0 Å². The van der Waals surface area contributed by atoms with Crippen LogP contribution in [0.15, 0.2) is 40.9 Å². The van der Waals surface area contributed by atoms with Crippen LogP contribution >= 0.6 is 27.5 Å². The van der Waals surface area contributed by atoms with Gasteiger partial charge in [0, 0.05) is 15.1 Å². The summed E-state index contributed by atoms with van der Waals surface area (Å²) in [4.78, 5) is 12.2. The number of nitrogens with one attached hydrogen (secondary N) is 1. The molecule has 0 aliphatic rings. The molecule has 4 heteroatoms. The van der Waals surface area contributed by atoms with Crippen molar-refractivity contribution < 1.29 is 4.79 Å². The minimum absolute atomic E-state index is 0.147. The first-order valence-corrected chi connectivity index (χ1v) is 6.98. The zero-order valence-corrected chi connectivity index (χ0v) is 13.0. The Hall–Kier alpha value is -1.32. The third-order valence-corrected chi connectivity index (χ3v) is 3.87. The number of carbonyl (C=O) groups is 1. The summed E-state index contributed by atoms with van der Waals surface area (Å²) in [6.07, 6.45) is 0. The summed E-state index contributed by atoms with van der Waals surface area (Å²) in [6, 6.07) is 10.9. The summed E-state index contributed by atoms with van der Waals surface area (Å²) < 4.78 is 0.800. The molecule has 0 aliphatic carbocycles. The van der Waals surface area contributed by atoms with Gasteiger partial charge in [-0.2, -0.15) is 0 Å². The first kappa shape index (κ1) is 14.1. The van der Waals surface area contributed by atoms with Crippen molar-refractivity contribution in [2.45, 2.75) is 13.8 Å². The molecule has 19 heavy (non-hydrogen) atoms. The molecule has 2 aromatic rings. The molecule has 0 saturated heterocycles. The number of hydrogen-bond acceptors (Lipinski definition) is 1. The molecule has 2 rings (SSSR count). The van der Waals surface area contributed by atoms with Crippen LogP contribution in [0.4, 0.5) is 5.69 Å². The second kappa shape index (κ2) is 5.76. The Morgan fingerprint density at radius 2 is 1.84 bits per heavy atom. The van der Waals surface area contributed by atoms with E-state index in [0.29, 0.717) is 16.3 Å². The molecule has 1 N–H and O–H groups in total. The molecule has 0 saturated carbocycles. The second-order valence-electron chi connectivity index (χ2n) is 4.38. The lowest BCUT2D eigenvalue weighted by Gasteiger charge is -2.09. The molecular formula is C15H13BrClNO. The second-order valence-corrected chi connectivity index (χ2v) is 5.67. The first-order chi connectivity index (χ1) is 8.97. The number of benzene rings is 2. The largest absolute Gasteiger partial charge is 0.321 e. The third-order valence-electron chi connectivity index (χ3n) is 2.95. The standard InChI is InChI=1S/C15H13BrClNO/c1-9-3-4-11(7-10(9)2)15(19)18-14-8-12(17)5-6-13(14)16/h3-8H,1-2H3,(H,18,19). The van der Waals surface area contributed by atoms with Crippen LogP contribution < -0.4 is 5.32 Å². The summed E-state index contributed by atoms with van der Waals surface area (Å²) in [5.41, 5.74) is 3.56. The topological polar surface area (TPSA) is 29.1 Å². The molecular weight excluding hydrogens is 326 g/mol. The average molecular weight is 339 g/mol. The Morgan fingerprint density at radius 1 is 1.11 bits per heavy atom. The molecule has 0 aliphatic heterocycles. The number of carbonyl (C=O) groups excluding carboxylic acids is 1. The number of anilines is 1. The van der Waals surface area contributed by atoms with Crippen LogP contribution in [-0.4, -0.2) is 5.91 Å². The molecule has 98 valence electrons. The normalized spacial score (nSPS) is 10.3. The molecule has 2 nitrogen and oxygen atoms in total. The predicted molar refractivity (Wildman–Crippen MR) is 83.0 cm³/mol. The van der Waals surface area contributed by atoms with E-state index in [2.05, 4.69) is 21.2 Å². The SMILES string of the molecule is Cc1ccc(C(=O)Nc2cc(Cl)ccc2Br)cc1C. The first-order valence-electron chi connectivity index (χ1n) is 5.81. The minimum atomic E-state index is -0.147. The maximum Gasteiger partial charge on any atom is 0.255 e. The lowest BCUT2D eigenvalue weighted by Crippen LogP contribution is -2.12. The van der Waals surface area contributed by atoms with Crippen molar-refractivity contribution >= 4 is 39.1 Å². The highest BCUT2D eigenvalue weighted by Crippen LogP contribution is 2.26. The van der Waals surface area contributed by atoms with Crippen molar-refractivity contribution in [2.24, 2.45) is 0 Å². The number of aryl methyl sites for hydroxylation is 2. The highest BCUT2D eigenvalue weighted by Gasteiger charge is 2.09. The Morgan fingerprint density at radius 3 is 2.53 bits per heavy atom. The summed E-state index contributed by atoms with van der Waals surface area (Å²) >= 11 is 9.30. The van der Waals surface area contributed by atoms with E-state index in [-0.39, 0.29) is 5.91 Å². The molecule has 0 atom stereocenters. The van der Waals surface area contributed by atoms with E-state index in [1.807, 2.05) is 32.0 Å². The van der Waals surface area contributed by atoms with Gasteiger partial charge in [0.15, 0.2) is 0 Å². The van der Waals surface area contributed by atoms with Crippen LogP contribution in [0.2, 0.25) is 5.02 Å². The van der Waals surface area contributed by atoms with Crippen LogP contribution in [0.5, 0.6) is 0 Å². The fourth-order valence-corrected chi connectivity index (χ4v) is 2.19. The van der Waals surface area contributed by atoms with E-state index in [4.69, 9.17) is 11.6 Å². The highest BCUT2D eigenvalue weighted by molar-refractivity contribution is 9.10. The van der Waals surface area contributed by atoms with E-state index < -0.39 is 0 Å². The van der Waals surface area contributed by atoms with Gasteiger partial charge in [0.1, 0.15) is 0 Å². The number of rotatable bonds is 2. The van der Waals surface area contributed by atoms with Gasteiger partial charge >= 0.3 is 0 Å². The molecule has 1 amide bonds. The van der Waals surface area contributed by atoms with Crippen molar-refractivity contribution in [3.63, 3.8) is 0 Å². The van der Waals surface area contributed by atoms with Gasteiger partial charge in [-0.25, -0.2) is 0 Å². The molecule has 0 bridgehead atoms. The van der Waals surface area contributed by atoms with Crippen LogP contribution in [0, 0.1) is 13.8 Å². The Kier molecular flexibility index (Phi) is 4.27. The molecule has 0 radical (unpaired) electrons. The van der Waals surface area contributed by atoms with E-state index in [9.17, 15) is 4.79 Å². The maximum absolute atomic E-state index is 12.2. The van der Waals surface area contributed by atoms with Crippen LogP contribution in [0.1, 0.15) is 21.5 Å². The summed E-state index contributed by atoms with van der Waals surface area (Å²) in [5.74, 6) is -0.147. The summed E-state index contributed by atoms with van der Waals surface area (Å²) in [6.45, 7) is 4.01. The summed E-state index contributed by atoms with van der Waals surface area (Å²) in [7, 11) is 0. The lowest BCUT2D eigenvalue weighted by molar-refractivity contribution is 0.102. The van der Waals surface area contributed by atoms with Crippen molar-refractivity contribution in [3.8, 4) is 0 Å². The number of amides is 1. The van der Waals surface area contributed by atoms with Crippen molar-refractivity contribution in [2.75, 3.05) is 5.32 Å². The molecule has 0 aromatic heterocycles. The zero-order chi connectivity index (χ0) is 14.0. The van der Waals surface area contributed by atoms with Crippen molar-refractivity contribution in [3.05, 3.63) is 62.6 Å². The number of halogens is 2. The fraction of sp³-hybridized carbons (Fsp3) is 0.133. The maximum atomic E-state index is 12.2. The number of hydrogen-bond donors (Lipinski definition) is 1. The smallest absolute Gasteiger partial charge is 0.255 e. The van der Waals surface area contributed by atoms with Gasteiger partial charge in [0.2, 0.25) is 0 Å². The molecule has 2 aromatic carbocycles. The van der Waals surface area contributed by atoms with Crippen molar-refractivity contribution in [1.82, 2.24) is 0 Å². The van der Waals surface area contributed by atoms with Gasteiger partial charge in [-0.05, 0) is 71.2 Å². The van der Waals surface area contributed by atoms with Crippen molar-refractivity contribution in [1.29, 1.82) is 0 Å².